The number of carbonyl (C=O) groups is 1. The van der Waals surface area contributed by atoms with Crippen molar-refractivity contribution in [1.29, 1.82) is 0 Å². The van der Waals surface area contributed by atoms with E-state index in [1.165, 1.54) is 49.5 Å². The highest BCUT2D eigenvalue weighted by Gasteiger charge is 2.19. The molecule has 2 aromatic carbocycles. The number of amides is 1. The number of hydrogen-bond acceptors (Lipinski definition) is 2. The minimum Gasteiger partial charge on any atom is -0.320 e. The van der Waals surface area contributed by atoms with Gasteiger partial charge in [0.2, 0.25) is 0 Å². The standard InChI is InChI=1S/C23H24N2O/c26-23(18-11-6-3-7-12-18)25-21-15-14-19(17-9-4-1-2-5-10-17)20-13-8-16-24-22(20)21/h3,6-8,11-17H,1-2,4-5,9-10H2,(H,25,26). The van der Waals surface area contributed by atoms with Gasteiger partial charge in [-0.25, -0.2) is 0 Å². The Balaban J connectivity index is 1.69. The topological polar surface area (TPSA) is 42.0 Å². The molecule has 3 aromatic rings. The third-order valence-electron chi connectivity index (χ3n) is 5.38. The van der Waals surface area contributed by atoms with Crippen molar-refractivity contribution < 1.29 is 4.79 Å². The fraction of sp³-hybridized carbons (Fsp3) is 0.304. The molecule has 1 amide bonds. The molecule has 1 heterocycles. The van der Waals surface area contributed by atoms with Crippen LogP contribution in [0.4, 0.5) is 5.69 Å². The number of anilines is 1. The summed E-state index contributed by atoms with van der Waals surface area (Å²) >= 11 is 0. The van der Waals surface area contributed by atoms with E-state index < -0.39 is 0 Å². The van der Waals surface area contributed by atoms with Crippen molar-refractivity contribution in [3.8, 4) is 0 Å². The Labute approximate surface area is 154 Å². The predicted molar refractivity (Wildman–Crippen MR) is 107 cm³/mol. The summed E-state index contributed by atoms with van der Waals surface area (Å²) in [6.45, 7) is 0. The third kappa shape index (κ3) is 3.48. The molecule has 0 saturated heterocycles. The number of rotatable bonds is 3. The first kappa shape index (κ1) is 16.8. The summed E-state index contributed by atoms with van der Waals surface area (Å²) in [4.78, 5) is 17.1. The van der Waals surface area contributed by atoms with Crippen LogP contribution in [0.5, 0.6) is 0 Å². The second kappa shape index (κ2) is 7.69. The van der Waals surface area contributed by atoms with Crippen LogP contribution < -0.4 is 5.32 Å². The predicted octanol–water partition coefficient (Wildman–Crippen LogP) is 5.92. The minimum absolute atomic E-state index is 0.0974. The lowest BCUT2D eigenvalue weighted by atomic mass is 9.88. The molecular formula is C23H24N2O. The lowest BCUT2D eigenvalue weighted by Crippen LogP contribution is -2.12. The van der Waals surface area contributed by atoms with Crippen molar-refractivity contribution in [2.45, 2.75) is 44.4 Å². The number of nitrogens with one attached hydrogen (secondary N) is 1. The molecule has 0 radical (unpaired) electrons. The number of nitrogens with zero attached hydrogens (tertiary/aromatic N) is 1. The quantitative estimate of drug-likeness (QED) is 0.599. The Morgan fingerprint density at radius 2 is 1.65 bits per heavy atom. The van der Waals surface area contributed by atoms with E-state index in [-0.39, 0.29) is 5.91 Å². The summed E-state index contributed by atoms with van der Waals surface area (Å²) in [7, 11) is 0. The molecule has 3 heteroatoms. The number of fused-ring (bicyclic) bond motifs is 1. The molecule has 0 unspecified atom stereocenters. The SMILES string of the molecule is O=C(Nc1ccc(C2CCCCCC2)c2cccnc12)c1ccccc1. The summed E-state index contributed by atoms with van der Waals surface area (Å²) in [6.07, 6.45) is 9.60. The third-order valence-corrected chi connectivity index (χ3v) is 5.38. The number of pyridine rings is 1. The van der Waals surface area contributed by atoms with E-state index in [0.29, 0.717) is 11.5 Å². The maximum Gasteiger partial charge on any atom is 0.255 e. The molecule has 26 heavy (non-hydrogen) atoms. The van der Waals surface area contributed by atoms with Crippen LogP contribution >= 0.6 is 0 Å². The second-order valence-electron chi connectivity index (χ2n) is 7.11. The van der Waals surface area contributed by atoms with Crippen LogP contribution in [0.2, 0.25) is 0 Å². The van der Waals surface area contributed by atoms with Crippen molar-refractivity contribution in [2.75, 3.05) is 5.32 Å². The molecule has 0 atom stereocenters. The number of benzene rings is 2. The molecule has 1 saturated carbocycles. The highest BCUT2D eigenvalue weighted by molar-refractivity contribution is 6.08. The average molecular weight is 344 g/mol. The normalized spacial score (nSPS) is 15.5. The summed E-state index contributed by atoms with van der Waals surface area (Å²) in [5.41, 5.74) is 3.71. The molecule has 3 nitrogen and oxygen atoms in total. The molecule has 132 valence electrons. The van der Waals surface area contributed by atoms with E-state index in [9.17, 15) is 4.79 Å². The van der Waals surface area contributed by atoms with Gasteiger partial charge in [-0.05, 0) is 48.6 Å². The minimum atomic E-state index is -0.0974. The zero-order valence-electron chi connectivity index (χ0n) is 14.9. The van der Waals surface area contributed by atoms with Crippen LogP contribution in [0.25, 0.3) is 10.9 Å². The van der Waals surface area contributed by atoms with Gasteiger partial charge in [0, 0.05) is 17.1 Å². The Kier molecular flexibility index (Phi) is 4.96. The molecule has 4 rings (SSSR count). The van der Waals surface area contributed by atoms with Gasteiger partial charge in [0.1, 0.15) is 0 Å². The lowest BCUT2D eigenvalue weighted by molar-refractivity contribution is 0.102. The molecule has 1 fully saturated rings. The maximum absolute atomic E-state index is 12.6. The van der Waals surface area contributed by atoms with Crippen molar-refractivity contribution in [2.24, 2.45) is 0 Å². The number of hydrogen-bond donors (Lipinski definition) is 1. The van der Waals surface area contributed by atoms with Gasteiger partial charge in [0.15, 0.2) is 0 Å². The Morgan fingerprint density at radius 1 is 0.885 bits per heavy atom. The second-order valence-corrected chi connectivity index (χ2v) is 7.11. The summed E-state index contributed by atoms with van der Waals surface area (Å²) in [5, 5.41) is 4.21. The van der Waals surface area contributed by atoms with Crippen molar-refractivity contribution in [3.05, 3.63) is 71.9 Å². The van der Waals surface area contributed by atoms with Crippen molar-refractivity contribution in [3.63, 3.8) is 0 Å². The van der Waals surface area contributed by atoms with Crippen LogP contribution in [0.3, 0.4) is 0 Å². The van der Waals surface area contributed by atoms with E-state index >= 15 is 0 Å². The summed E-state index contributed by atoms with van der Waals surface area (Å²) in [5.74, 6) is 0.503. The largest absolute Gasteiger partial charge is 0.320 e. The molecule has 0 bridgehead atoms. The first-order valence-electron chi connectivity index (χ1n) is 9.57. The Bertz CT molecular complexity index is 896. The van der Waals surface area contributed by atoms with E-state index in [1.807, 2.05) is 42.5 Å². The smallest absolute Gasteiger partial charge is 0.255 e. The molecule has 1 aliphatic carbocycles. The highest BCUT2D eigenvalue weighted by Crippen LogP contribution is 2.37. The number of carbonyl (C=O) groups excluding carboxylic acids is 1. The van der Waals surface area contributed by atoms with Crippen molar-refractivity contribution in [1.82, 2.24) is 4.98 Å². The van der Waals surface area contributed by atoms with Crippen LogP contribution in [-0.2, 0) is 0 Å². The van der Waals surface area contributed by atoms with Gasteiger partial charge in [-0.2, -0.15) is 0 Å². The highest BCUT2D eigenvalue weighted by atomic mass is 16.1. The monoisotopic (exact) mass is 344 g/mol. The van der Waals surface area contributed by atoms with Gasteiger partial charge in [0.25, 0.3) is 5.91 Å². The van der Waals surface area contributed by atoms with E-state index in [2.05, 4.69) is 22.4 Å². The van der Waals surface area contributed by atoms with Gasteiger partial charge in [-0.15, -0.1) is 0 Å². The Hall–Kier alpha value is -2.68. The van der Waals surface area contributed by atoms with Crippen LogP contribution in [-0.4, -0.2) is 10.9 Å². The fourth-order valence-corrected chi connectivity index (χ4v) is 4.03. The van der Waals surface area contributed by atoms with Gasteiger partial charge in [-0.3, -0.25) is 9.78 Å². The first-order chi connectivity index (χ1) is 12.8. The van der Waals surface area contributed by atoms with E-state index in [1.54, 1.807) is 6.20 Å². The average Bonchev–Trinajstić information content (AvgIpc) is 2.98. The number of aromatic nitrogens is 1. The fourth-order valence-electron chi connectivity index (χ4n) is 4.03. The van der Waals surface area contributed by atoms with Crippen LogP contribution in [0.1, 0.15) is 60.4 Å². The maximum atomic E-state index is 12.6. The van der Waals surface area contributed by atoms with Gasteiger partial charge in [-0.1, -0.05) is 56.0 Å². The Morgan fingerprint density at radius 3 is 2.42 bits per heavy atom. The van der Waals surface area contributed by atoms with Gasteiger partial charge >= 0.3 is 0 Å². The van der Waals surface area contributed by atoms with Crippen molar-refractivity contribution >= 4 is 22.5 Å². The first-order valence-corrected chi connectivity index (χ1v) is 9.57. The molecule has 1 N–H and O–H groups in total. The molecule has 0 spiro atoms. The van der Waals surface area contributed by atoms with Crippen LogP contribution in [0.15, 0.2) is 60.8 Å². The zero-order chi connectivity index (χ0) is 17.8. The zero-order valence-corrected chi connectivity index (χ0v) is 14.9. The van der Waals surface area contributed by atoms with Crippen LogP contribution in [0, 0.1) is 0 Å². The summed E-state index contributed by atoms with van der Waals surface area (Å²) < 4.78 is 0. The van der Waals surface area contributed by atoms with Gasteiger partial charge < -0.3 is 5.32 Å². The van der Waals surface area contributed by atoms with Gasteiger partial charge in [0.05, 0.1) is 11.2 Å². The molecular weight excluding hydrogens is 320 g/mol. The summed E-state index contributed by atoms with van der Waals surface area (Å²) in [6, 6.07) is 17.7. The van der Waals surface area contributed by atoms with E-state index in [0.717, 1.165) is 11.2 Å². The molecule has 0 aliphatic heterocycles. The molecule has 1 aliphatic rings. The lowest BCUT2D eigenvalue weighted by Gasteiger charge is -2.18. The molecule has 1 aromatic heterocycles. The van der Waals surface area contributed by atoms with E-state index in [4.69, 9.17) is 0 Å².